The second-order valence-electron chi connectivity index (χ2n) is 8.56. The number of benzene rings is 5. The summed E-state index contributed by atoms with van der Waals surface area (Å²) in [4.78, 5) is 13.3. The van der Waals surface area contributed by atoms with Gasteiger partial charge in [-0.15, -0.1) is 0 Å². The van der Waals surface area contributed by atoms with Crippen LogP contribution < -0.4 is 19.5 Å². The first kappa shape index (κ1) is 25.2. The van der Waals surface area contributed by atoms with E-state index in [1.807, 2.05) is 73.7 Å². The van der Waals surface area contributed by atoms with Crippen LogP contribution in [0.25, 0.3) is 10.8 Å². The van der Waals surface area contributed by atoms with Crippen molar-refractivity contribution in [1.29, 1.82) is 0 Å². The predicted molar refractivity (Wildman–Crippen MR) is 152 cm³/mol. The highest BCUT2D eigenvalue weighted by Gasteiger charge is 2.15. The predicted octanol–water partition coefficient (Wildman–Crippen LogP) is 8.52. The summed E-state index contributed by atoms with van der Waals surface area (Å²) in [6, 6.07) is 33.8. The van der Waals surface area contributed by atoms with Crippen molar-refractivity contribution in [2.45, 2.75) is 13.5 Å². The van der Waals surface area contributed by atoms with E-state index in [1.54, 1.807) is 36.4 Å². The molecule has 38 heavy (non-hydrogen) atoms. The normalized spacial score (nSPS) is 10.7. The summed E-state index contributed by atoms with van der Waals surface area (Å²) >= 11 is 6.23. The highest BCUT2D eigenvalue weighted by atomic mass is 35.5. The molecule has 190 valence electrons. The molecule has 0 spiro atoms. The van der Waals surface area contributed by atoms with E-state index in [0.29, 0.717) is 40.1 Å². The summed E-state index contributed by atoms with van der Waals surface area (Å²) in [7, 11) is 0. The Balaban J connectivity index is 1.36. The lowest BCUT2D eigenvalue weighted by atomic mass is 10.1. The number of rotatable bonds is 9. The molecule has 5 aromatic carbocycles. The molecule has 0 atom stereocenters. The largest absolute Gasteiger partial charge is 0.493 e. The first-order chi connectivity index (χ1) is 18.6. The van der Waals surface area contributed by atoms with E-state index < -0.39 is 0 Å². The molecule has 0 aliphatic rings. The zero-order chi connectivity index (χ0) is 26.3. The highest BCUT2D eigenvalue weighted by Crippen LogP contribution is 2.33. The molecule has 6 heteroatoms. The molecule has 0 unspecified atom stereocenters. The van der Waals surface area contributed by atoms with E-state index in [2.05, 4.69) is 11.4 Å². The third-order valence-corrected chi connectivity index (χ3v) is 6.13. The Morgan fingerprint density at radius 3 is 2.32 bits per heavy atom. The number of carbonyl (C=O) groups is 1. The van der Waals surface area contributed by atoms with Gasteiger partial charge in [0, 0.05) is 16.1 Å². The third-order valence-electron chi connectivity index (χ3n) is 5.90. The Morgan fingerprint density at radius 2 is 1.50 bits per heavy atom. The molecule has 0 aromatic heterocycles. The SMILES string of the molecule is CCOc1ccc(C(=O)Nc2cc(Cl)ccc2Oc2ccccc2)cc1COc1ccc2ccccc2c1. The lowest BCUT2D eigenvalue weighted by Gasteiger charge is -2.15. The lowest BCUT2D eigenvalue weighted by molar-refractivity contribution is 0.102. The van der Waals surface area contributed by atoms with Crippen LogP contribution in [0.4, 0.5) is 5.69 Å². The van der Waals surface area contributed by atoms with Crippen LogP contribution in [0.15, 0.2) is 109 Å². The maximum atomic E-state index is 13.3. The van der Waals surface area contributed by atoms with Gasteiger partial charge in [-0.05, 0) is 78.4 Å². The molecule has 0 saturated carbocycles. The van der Waals surface area contributed by atoms with E-state index in [-0.39, 0.29) is 12.5 Å². The van der Waals surface area contributed by atoms with Crippen molar-refractivity contribution in [3.05, 3.63) is 125 Å². The van der Waals surface area contributed by atoms with Gasteiger partial charge in [0.25, 0.3) is 5.91 Å². The Kier molecular flexibility index (Phi) is 7.76. The average molecular weight is 524 g/mol. The molecule has 5 aromatic rings. The topological polar surface area (TPSA) is 56.8 Å². The van der Waals surface area contributed by atoms with Gasteiger partial charge in [0.1, 0.15) is 23.9 Å². The highest BCUT2D eigenvalue weighted by molar-refractivity contribution is 6.31. The Morgan fingerprint density at radius 1 is 0.737 bits per heavy atom. The molecular formula is C32H26ClNO4. The Labute approximate surface area is 226 Å². The van der Waals surface area contributed by atoms with Gasteiger partial charge in [0.05, 0.1) is 12.3 Å². The zero-order valence-electron chi connectivity index (χ0n) is 20.8. The molecule has 0 aliphatic carbocycles. The number of ether oxygens (including phenoxy) is 3. The number of para-hydroxylation sites is 1. The van der Waals surface area contributed by atoms with Crippen LogP contribution in [0.2, 0.25) is 5.02 Å². The monoisotopic (exact) mass is 523 g/mol. The molecule has 1 N–H and O–H groups in total. The van der Waals surface area contributed by atoms with Crippen LogP contribution in [0, 0.1) is 0 Å². The van der Waals surface area contributed by atoms with Gasteiger partial charge >= 0.3 is 0 Å². The number of fused-ring (bicyclic) bond motifs is 1. The number of hydrogen-bond acceptors (Lipinski definition) is 4. The molecule has 0 bridgehead atoms. The van der Waals surface area contributed by atoms with Crippen molar-refractivity contribution < 1.29 is 19.0 Å². The molecule has 0 fully saturated rings. The maximum Gasteiger partial charge on any atom is 0.255 e. The number of nitrogens with one attached hydrogen (secondary N) is 1. The maximum absolute atomic E-state index is 13.3. The van der Waals surface area contributed by atoms with Crippen molar-refractivity contribution in [3.63, 3.8) is 0 Å². The fraction of sp³-hybridized carbons (Fsp3) is 0.0938. The molecule has 0 radical (unpaired) electrons. The number of amides is 1. The molecular weight excluding hydrogens is 498 g/mol. The minimum Gasteiger partial charge on any atom is -0.493 e. The van der Waals surface area contributed by atoms with Gasteiger partial charge < -0.3 is 19.5 Å². The Hall–Kier alpha value is -4.48. The van der Waals surface area contributed by atoms with Crippen LogP contribution >= 0.6 is 11.6 Å². The van der Waals surface area contributed by atoms with Crippen molar-refractivity contribution in [2.24, 2.45) is 0 Å². The summed E-state index contributed by atoms with van der Waals surface area (Å²) in [5.74, 6) is 2.24. The molecule has 0 heterocycles. The summed E-state index contributed by atoms with van der Waals surface area (Å²) in [5.41, 5.74) is 1.69. The summed E-state index contributed by atoms with van der Waals surface area (Å²) in [6.45, 7) is 2.66. The van der Waals surface area contributed by atoms with Crippen LogP contribution in [-0.4, -0.2) is 12.5 Å². The van der Waals surface area contributed by atoms with Gasteiger partial charge in [0.15, 0.2) is 5.75 Å². The number of hydrogen-bond donors (Lipinski definition) is 1. The lowest BCUT2D eigenvalue weighted by Crippen LogP contribution is -2.13. The second-order valence-corrected chi connectivity index (χ2v) is 9.00. The van der Waals surface area contributed by atoms with E-state index in [1.165, 1.54) is 0 Å². The Bertz CT molecular complexity index is 1570. The van der Waals surface area contributed by atoms with E-state index >= 15 is 0 Å². The van der Waals surface area contributed by atoms with Crippen molar-refractivity contribution in [2.75, 3.05) is 11.9 Å². The van der Waals surface area contributed by atoms with Crippen LogP contribution in [0.5, 0.6) is 23.0 Å². The zero-order valence-corrected chi connectivity index (χ0v) is 21.6. The van der Waals surface area contributed by atoms with Crippen molar-refractivity contribution in [1.82, 2.24) is 0 Å². The smallest absolute Gasteiger partial charge is 0.255 e. The van der Waals surface area contributed by atoms with Gasteiger partial charge in [-0.2, -0.15) is 0 Å². The standard InChI is InChI=1S/C32H26ClNO4/c1-2-36-30-16-13-24(18-25(30)21-37-28-15-12-22-8-6-7-9-23(22)19-28)32(35)34-29-20-26(33)14-17-31(29)38-27-10-4-3-5-11-27/h3-20H,2,21H2,1H3,(H,34,35). The van der Waals surface area contributed by atoms with E-state index in [4.69, 9.17) is 25.8 Å². The summed E-state index contributed by atoms with van der Waals surface area (Å²) in [5, 5.41) is 5.65. The van der Waals surface area contributed by atoms with Crippen molar-refractivity contribution in [3.8, 4) is 23.0 Å². The molecule has 1 amide bonds. The van der Waals surface area contributed by atoms with Crippen LogP contribution in [0.1, 0.15) is 22.8 Å². The second kappa shape index (κ2) is 11.7. The fourth-order valence-corrected chi connectivity index (χ4v) is 4.22. The first-order valence-electron chi connectivity index (χ1n) is 12.3. The number of halogens is 1. The van der Waals surface area contributed by atoms with Crippen LogP contribution in [0.3, 0.4) is 0 Å². The summed E-state index contributed by atoms with van der Waals surface area (Å²) in [6.07, 6.45) is 0. The minimum absolute atomic E-state index is 0.244. The minimum atomic E-state index is -0.305. The third kappa shape index (κ3) is 6.07. The molecule has 5 nitrogen and oxygen atoms in total. The van der Waals surface area contributed by atoms with Gasteiger partial charge in [-0.3, -0.25) is 4.79 Å². The van der Waals surface area contributed by atoms with Gasteiger partial charge in [-0.1, -0.05) is 60.1 Å². The van der Waals surface area contributed by atoms with Gasteiger partial charge in [0.2, 0.25) is 0 Å². The van der Waals surface area contributed by atoms with E-state index in [0.717, 1.165) is 22.1 Å². The molecule has 0 saturated heterocycles. The fourth-order valence-electron chi connectivity index (χ4n) is 4.05. The van der Waals surface area contributed by atoms with Crippen LogP contribution in [-0.2, 0) is 6.61 Å². The molecule has 0 aliphatic heterocycles. The number of anilines is 1. The molecule has 5 rings (SSSR count). The first-order valence-corrected chi connectivity index (χ1v) is 12.7. The summed E-state index contributed by atoms with van der Waals surface area (Å²) < 4.78 is 17.9. The van der Waals surface area contributed by atoms with Crippen molar-refractivity contribution >= 4 is 34.0 Å². The van der Waals surface area contributed by atoms with E-state index in [9.17, 15) is 4.79 Å². The average Bonchev–Trinajstić information content (AvgIpc) is 2.94. The quantitative estimate of drug-likeness (QED) is 0.210. The van der Waals surface area contributed by atoms with Gasteiger partial charge in [-0.25, -0.2) is 0 Å². The number of carbonyl (C=O) groups excluding carboxylic acids is 1.